The molecule has 0 saturated carbocycles. The number of H-pyrrole nitrogens is 1. The first-order valence-electron chi connectivity index (χ1n) is 5.03. The molecule has 2 rings (SSSR count). The number of nitrogens with zero attached hydrogens (tertiary/aromatic N) is 1. The van der Waals surface area contributed by atoms with Gasteiger partial charge in [-0.1, -0.05) is 6.58 Å². The molecule has 0 bridgehead atoms. The Morgan fingerprint density at radius 1 is 1.69 bits per heavy atom. The summed E-state index contributed by atoms with van der Waals surface area (Å²) >= 11 is 0. The second kappa shape index (κ2) is 4.18. The molecule has 0 aliphatic heterocycles. The zero-order valence-corrected chi connectivity index (χ0v) is 9.08. The van der Waals surface area contributed by atoms with Crippen LogP contribution in [-0.2, 0) is 11.3 Å². The van der Waals surface area contributed by atoms with Crippen LogP contribution in [0.25, 0.3) is 11.0 Å². The number of aromatic amines is 1. The molecule has 0 atom stereocenters. The molecule has 0 radical (unpaired) electrons. The molecule has 0 spiro atoms. The van der Waals surface area contributed by atoms with E-state index in [2.05, 4.69) is 21.9 Å². The molecular formula is C12H13N3O. The Labute approximate surface area is 93.4 Å². The molecule has 0 unspecified atom stereocenters. The standard InChI is InChI=1S/C12H13N3O/c1-3-11(16)13-6-9-4-10-8(2)5-14-12(10)15-7-9/h3-5,7H,1,6H2,2H3,(H,13,16)(H,14,15). The molecule has 0 aliphatic carbocycles. The molecule has 2 N–H and O–H groups in total. The maximum atomic E-state index is 11.0. The fourth-order valence-corrected chi connectivity index (χ4v) is 1.54. The van der Waals surface area contributed by atoms with Crippen LogP contribution in [0.2, 0.25) is 0 Å². The third-order valence-electron chi connectivity index (χ3n) is 2.45. The Hall–Kier alpha value is -2.10. The Balaban J connectivity index is 2.22. The van der Waals surface area contributed by atoms with Crippen LogP contribution in [0.4, 0.5) is 0 Å². The first-order valence-corrected chi connectivity index (χ1v) is 5.03. The van der Waals surface area contributed by atoms with Gasteiger partial charge >= 0.3 is 0 Å². The molecule has 2 aromatic heterocycles. The van der Waals surface area contributed by atoms with Gasteiger partial charge in [-0.25, -0.2) is 4.98 Å². The summed E-state index contributed by atoms with van der Waals surface area (Å²) in [5, 5.41) is 3.81. The highest BCUT2D eigenvalue weighted by atomic mass is 16.1. The largest absolute Gasteiger partial charge is 0.348 e. The van der Waals surface area contributed by atoms with Gasteiger partial charge in [0.2, 0.25) is 5.91 Å². The van der Waals surface area contributed by atoms with E-state index in [1.807, 2.05) is 19.2 Å². The topological polar surface area (TPSA) is 57.8 Å². The highest BCUT2D eigenvalue weighted by molar-refractivity contribution is 5.87. The minimum absolute atomic E-state index is 0.175. The maximum Gasteiger partial charge on any atom is 0.243 e. The third-order valence-corrected chi connectivity index (χ3v) is 2.45. The summed E-state index contributed by atoms with van der Waals surface area (Å²) in [7, 11) is 0. The number of hydrogen-bond acceptors (Lipinski definition) is 2. The Morgan fingerprint density at radius 2 is 2.50 bits per heavy atom. The van der Waals surface area contributed by atoms with E-state index in [0.29, 0.717) is 6.54 Å². The van der Waals surface area contributed by atoms with Crippen LogP contribution in [0.15, 0.2) is 31.1 Å². The Kier molecular flexibility index (Phi) is 2.72. The van der Waals surface area contributed by atoms with Crippen molar-refractivity contribution in [2.45, 2.75) is 13.5 Å². The summed E-state index contributed by atoms with van der Waals surface area (Å²) in [5.41, 5.74) is 3.00. The van der Waals surface area contributed by atoms with Crippen molar-refractivity contribution in [3.05, 3.63) is 42.2 Å². The molecule has 16 heavy (non-hydrogen) atoms. The molecule has 4 nitrogen and oxygen atoms in total. The number of pyridine rings is 1. The number of carbonyl (C=O) groups excluding carboxylic acids is 1. The van der Waals surface area contributed by atoms with Crippen LogP contribution in [0, 0.1) is 6.92 Å². The lowest BCUT2D eigenvalue weighted by molar-refractivity contribution is -0.116. The van der Waals surface area contributed by atoms with Crippen molar-refractivity contribution in [1.29, 1.82) is 0 Å². The minimum Gasteiger partial charge on any atom is -0.348 e. The van der Waals surface area contributed by atoms with Crippen LogP contribution >= 0.6 is 0 Å². The van der Waals surface area contributed by atoms with E-state index in [1.54, 1.807) is 6.20 Å². The molecule has 0 saturated heterocycles. The first kappa shape index (κ1) is 10.4. The van der Waals surface area contributed by atoms with E-state index >= 15 is 0 Å². The van der Waals surface area contributed by atoms with E-state index < -0.39 is 0 Å². The second-order valence-electron chi connectivity index (χ2n) is 3.63. The zero-order chi connectivity index (χ0) is 11.5. The number of rotatable bonds is 3. The van der Waals surface area contributed by atoms with Crippen LogP contribution in [-0.4, -0.2) is 15.9 Å². The summed E-state index contributed by atoms with van der Waals surface area (Å²) in [6.07, 6.45) is 4.93. The average Bonchev–Trinajstić information content (AvgIpc) is 2.68. The van der Waals surface area contributed by atoms with E-state index in [-0.39, 0.29) is 5.91 Å². The van der Waals surface area contributed by atoms with E-state index in [4.69, 9.17) is 0 Å². The first-order chi connectivity index (χ1) is 7.70. The zero-order valence-electron chi connectivity index (χ0n) is 9.08. The average molecular weight is 215 g/mol. The number of hydrogen-bond donors (Lipinski definition) is 2. The fraction of sp³-hybridized carbons (Fsp3) is 0.167. The van der Waals surface area contributed by atoms with Crippen LogP contribution in [0.1, 0.15) is 11.1 Å². The van der Waals surface area contributed by atoms with Gasteiger partial charge in [0.25, 0.3) is 0 Å². The van der Waals surface area contributed by atoms with Crippen LogP contribution < -0.4 is 5.32 Å². The summed E-state index contributed by atoms with van der Waals surface area (Å²) in [6.45, 7) is 5.89. The molecule has 0 aliphatic rings. The second-order valence-corrected chi connectivity index (χ2v) is 3.63. The molecule has 2 aromatic rings. The predicted molar refractivity (Wildman–Crippen MR) is 62.9 cm³/mol. The van der Waals surface area contributed by atoms with Crippen molar-refractivity contribution in [2.75, 3.05) is 0 Å². The Bertz CT molecular complexity index is 542. The van der Waals surface area contributed by atoms with E-state index in [1.165, 1.54) is 6.08 Å². The summed E-state index contributed by atoms with van der Waals surface area (Å²) in [5.74, 6) is -0.175. The summed E-state index contributed by atoms with van der Waals surface area (Å²) in [4.78, 5) is 18.4. The van der Waals surface area contributed by atoms with Crippen molar-refractivity contribution in [1.82, 2.24) is 15.3 Å². The van der Waals surface area contributed by atoms with Gasteiger partial charge in [-0.3, -0.25) is 4.79 Å². The molecule has 4 heteroatoms. The lowest BCUT2D eigenvalue weighted by Crippen LogP contribution is -2.19. The number of nitrogens with one attached hydrogen (secondary N) is 2. The van der Waals surface area contributed by atoms with Gasteiger partial charge in [-0.15, -0.1) is 0 Å². The molecule has 0 fully saturated rings. The van der Waals surface area contributed by atoms with Gasteiger partial charge in [-0.2, -0.15) is 0 Å². The molecule has 0 aromatic carbocycles. The lowest BCUT2D eigenvalue weighted by atomic mass is 10.2. The van der Waals surface area contributed by atoms with Crippen molar-refractivity contribution in [3.8, 4) is 0 Å². The van der Waals surface area contributed by atoms with E-state index in [9.17, 15) is 4.79 Å². The Morgan fingerprint density at radius 3 is 3.25 bits per heavy atom. The molecule has 2 heterocycles. The van der Waals surface area contributed by atoms with Gasteiger partial charge in [0.1, 0.15) is 5.65 Å². The normalized spacial score (nSPS) is 10.3. The fourth-order valence-electron chi connectivity index (χ4n) is 1.54. The number of fused-ring (bicyclic) bond motifs is 1. The van der Waals surface area contributed by atoms with Gasteiger partial charge in [-0.05, 0) is 30.2 Å². The molecule has 1 amide bonds. The highest BCUT2D eigenvalue weighted by Gasteiger charge is 2.02. The number of carbonyl (C=O) groups is 1. The molecular weight excluding hydrogens is 202 g/mol. The van der Waals surface area contributed by atoms with Crippen molar-refractivity contribution < 1.29 is 4.79 Å². The number of amides is 1. The summed E-state index contributed by atoms with van der Waals surface area (Å²) < 4.78 is 0. The summed E-state index contributed by atoms with van der Waals surface area (Å²) in [6, 6.07) is 2.03. The maximum absolute atomic E-state index is 11.0. The van der Waals surface area contributed by atoms with Crippen LogP contribution in [0.3, 0.4) is 0 Å². The highest BCUT2D eigenvalue weighted by Crippen LogP contribution is 2.16. The number of aromatic nitrogens is 2. The van der Waals surface area contributed by atoms with Crippen molar-refractivity contribution in [3.63, 3.8) is 0 Å². The van der Waals surface area contributed by atoms with Gasteiger partial charge in [0.05, 0.1) is 0 Å². The smallest absolute Gasteiger partial charge is 0.243 e. The quantitative estimate of drug-likeness (QED) is 0.765. The predicted octanol–water partition coefficient (Wildman–Crippen LogP) is 1.67. The van der Waals surface area contributed by atoms with Gasteiger partial charge in [0.15, 0.2) is 0 Å². The monoisotopic (exact) mass is 215 g/mol. The number of aryl methyl sites for hydroxylation is 1. The van der Waals surface area contributed by atoms with Crippen molar-refractivity contribution >= 4 is 16.9 Å². The lowest BCUT2D eigenvalue weighted by Gasteiger charge is -2.02. The van der Waals surface area contributed by atoms with Crippen LogP contribution in [0.5, 0.6) is 0 Å². The minimum atomic E-state index is -0.175. The van der Waals surface area contributed by atoms with Gasteiger partial charge < -0.3 is 10.3 Å². The molecule has 82 valence electrons. The van der Waals surface area contributed by atoms with Crippen molar-refractivity contribution in [2.24, 2.45) is 0 Å². The van der Waals surface area contributed by atoms with Gasteiger partial charge in [0, 0.05) is 24.3 Å². The SMILES string of the molecule is C=CC(=O)NCc1cnc2[nH]cc(C)c2c1. The van der Waals surface area contributed by atoms with E-state index in [0.717, 1.165) is 22.2 Å². The third kappa shape index (κ3) is 1.95.